The lowest BCUT2D eigenvalue weighted by Crippen LogP contribution is -2.38. The molecule has 0 saturated carbocycles. The Morgan fingerprint density at radius 2 is 1.61 bits per heavy atom. The number of benzene rings is 2. The SMILES string of the molecule is CCN(CC(=O)Nc1c(C)cccc1C)C(=O)CCc1ccc(C(=O)O)cc1. The van der Waals surface area contributed by atoms with Crippen LogP contribution in [0.3, 0.4) is 0 Å². The molecule has 148 valence electrons. The van der Waals surface area contributed by atoms with Crippen molar-refractivity contribution in [2.45, 2.75) is 33.6 Å². The first-order chi connectivity index (χ1) is 13.3. The second-order valence-electron chi connectivity index (χ2n) is 6.72. The molecule has 0 unspecified atom stereocenters. The van der Waals surface area contributed by atoms with E-state index in [0.29, 0.717) is 13.0 Å². The van der Waals surface area contributed by atoms with Crippen molar-refractivity contribution in [2.75, 3.05) is 18.4 Å². The lowest BCUT2D eigenvalue weighted by Gasteiger charge is -2.21. The van der Waals surface area contributed by atoms with E-state index < -0.39 is 5.97 Å². The molecule has 0 aliphatic carbocycles. The van der Waals surface area contributed by atoms with Crippen LogP contribution in [0.4, 0.5) is 5.69 Å². The number of nitrogens with one attached hydrogen (secondary N) is 1. The summed E-state index contributed by atoms with van der Waals surface area (Å²) in [7, 11) is 0. The summed E-state index contributed by atoms with van der Waals surface area (Å²) in [5, 5.41) is 11.8. The Balaban J connectivity index is 1.91. The topological polar surface area (TPSA) is 86.7 Å². The molecule has 2 amide bonds. The normalized spacial score (nSPS) is 10.4. The summed E-state index contributed by atoms with van der Waals surface area (Å²) < 4.78 is 0. The van der Waals surface area contributed by atoms with Crippen LogP contribution in [0.2, 0.25) is 0 Å². The third-order valence-corrected chi connectivity index (χ3v) is 4.64. The van der Waals surface area contributed by atoms with Crippen LogP contribution in [0.25, 0.3) is 0 Å². The highest BCUT2D eigenvalue weighted by molar-refractivity contribution is 5.95. The van der Waals surface area contributed by atoms with E-state index >= 15 is 0 Å². The van der Waals surface area contributed by atoms with E-state index in [1.165, 1.54) is 17.0 Å². The molecule has 0 saturated heterocycles. The lowest BCUT2D eigenvalue weighted by atomic mass is 10.1. The fourth-order valence-electron chi connectivity index (χ4n) is 2.96. The van der Waals surface area contributed by atoms with E-state index in [-0.39, 0.29) is 30.3 Å². The molecule has 0 spiro atoms. The monoisotopic (exact) mass is 382 g/mol. The number of amides is 2. The minimum absolute atomic E-state index is 0.00105. The number of para-hydroxylation sites is 1. The van der Waals surface area contributed by atoms with E-state index in [1.54, 1.807) is 12.1 Å². The summed E-state index contributed by atoms with van der Waals surface area (Å²) in [5.74, 6) is -1.31. The number of aryl methyl sites for hydroxylation is 3. The van der Waals surface area contributed by atoms with Gasteiger partial charge in [-0.2, -0.15) is 0 Å². The fourth-order valence-corrected chi connectivity index (χ4v) is 2.96. The Hall–Kier alpha value is -3.15. The molecule has 0 aromatic heterocycles. The molecule has 2 aromatic carbocycles. The summed E-state index contributed by atoms with van der Waals surface area (Å²) in [4.78, 5) is 37.3. The molecular weight excluding hydrogens is 356 g/mol. The largest absolute Gasteiger partial charge is 0.478 e. The van der Waals surface area contributed by atoms with Gasteiger partial charge in [0.2, 0.25) is 11.8 Å². The van der Waals surface area contributed by atoms with Crippen molar-refractivity contribution < 1.29 is 19.5 Å². The number of nitrogens with zero attached hydrogens (tertiary/aromatic N) is 1. The first kappa shape index (κ1) is 21.2. The van der Waals surface area contributed by atoms with E-state index in [1.807, 2.05) is 39.0 Å². The van der Waals surface area contributed by atoms with Crippen molar-refractivity contribution in [2.24, 2.45) is 0 Å². The summed E-state index contributed by atoms with van der Waals surface area (Å²) >= 11 is 0. The molecule has 6 heteroatoms. The molecule has 0 atom stereocenters. The predicted molar refractivity (Wildman–Crippen MR) is 109 cm³/mol. The van der Waals surface area contributed by atoms with Gasteiger partial charge in [0.05, 0.1) is 12.1 Å². The van der Waals surface area contributed by atoms with Crippen LogP contribution < -0.4 is 5.32 Å². The smallest absolute Gasteiger partial charge is 0.335 e. The summed E-state index contributed by atoms with van der Waals surface area (Å²) in [6, 6.07) is 12.3. The quantitative estimate of drug-likeness (QED) is 0.732. The number of carboxylic acid groups (broad SMARTS) is 1. The zero-order valence-corrected chi connectivity index (χ0v) is 16.5. The number of hydrogen-bond acceptors (Lipinski definition) is 3. The fraction of sp³-hybridized carbons (Fsp3) is 0.318. The molecular formula is C22H26N2O4. The second-order valence-corrected chi connectivity index (χ2v) is 6.72. The highest BCUT2D eigenvalue weighted by Gasteiger charge is 2.16. The Kier molecular flexibility index (Phi) is 7.32. The van der Waals surface area contributed by atoms with Gasteiger partial charge in [-0.25, -0.2) is 4.79 Å². The first-order valence-corrected chi connectivity index (χ1v) is 9.28. The van der Waals surface area contributed by atoms with Gasteiger partial charge in [0.1, 0.15) is 0 Å². The highest BCUT2D eigenvalue weighted by Crippen LogP contribution is 2.19. The second kappa shape index (κ2) is 9.69. The van der Waals surface area contributed by atoms with Crippen LogP contribution in [0.15, 0.2) is 42.5 Å². The minimum Gasteiger partial charge on any atom is -0.478 e. The van der Waals surface area contributed by atoms with Crippen molar-refractivity contribution in [3.8, 4) is 0 Å². The van der Waals surface area contributed by atoms with E-state index in [9.17, 15) is 14.4 Å². The number of rotatable bonds is 8. The van der Waals surface area contributed by atoms with Crippen molar-refractivity contribution in [1.82, 2.24) is 4.90 Å². The number of aromatic carboxylic acids is 1. The molecule has 2 rings (SSSR count). The van der Waals surface area contributed by atoms with Crippen molar-refractivity contribution in [3.05, 3.63) is 64.7 Å². The van der Waals surface area contributed by atoms with Gasteiger partial charge in [-0.3, -0.25) is 9.59 Å². The molecule has 6 nitrogen and oxygen atoms in total. The van der Waals surface area contributed by atoms with Crippen LogP contribution in [-0.2, 0) is 16.0 Å². The van der Waals surface area contributed by atoms with Gasteiger partial charge in [0.15, 0.2) is 0 Å². The van der Waals surface area contributed by atoms with Gasteiger partial charge >= 0.3 is 5.97 Å². The Labute approximate surface area is 165 Å². The summed E-state index contributed by atoms with van der Waals surface area (Å²) in [6.07, 6.45) is 0.755. The molecule has 0 aliphatic heterocycles. The zero-order valence-electron chi connectivity index (χ0n) is 16.5. The number of carboxylic acids is 1. The van der Waals surface area contributed by atoms with E-state index in [2.05, 4.69) is 5.32 Å². The highest BCUT2D eigenvalue weighted by atomic mass is 16.4. The third-order valence-electron chi connectivity index (χ3n) is 4.64. The Morgan fingerprint density at radius 3 is 2.14 bits per heavy atom. The lowest BCUT2D eigenvalue weighted by molar-refractivity contribution is -0.134. The maximum Gasteiger partial charge on any atom is 0.335 e. The Morgan fingerprint density at radius 1 is 1.00 bits per heavy atom. The molecule has 0 fully saturated rings. The third kappa shape index (κ3) is 5.67. The van der Waals surface area contributed by atoms with Crippen LogP contribution >= 0.6 is 0 Å². The molecule has 0 radical (unpaired) electrons. The molecule has 2 aromatic rings. The molecule has 28 heavy (non-hydrogen) atoms. The number of likely N-dealkylation sites (N-methyl/N-ethyl adjacent to an activating group) is 1. The number of hydrogen-bond donors (Lipinski definition) is 2. The maximum atomic E-state index is 12.5. The summed E-state index contributed by atoms with van der Waals surface area (Å²) in [5.41, 5.74) is 3.84. The van der Waals surface area contributed by atoms with Gasteiger partial charge in [-0.05, 0) is 56.0 Å². The van der Waals surface area contributed by atoms with Gasteiger partial charge in [-0.15, -0.1) is 0 Å². The van der Waals surface area contributed by atoms with Crippen molar-refractivity contribution in [1.29, 1.82) is 0 Å². The van der Waals surface area contributed by atoms with Crippen LogP contribution in [0.1, 0.15) is 40.4 Å². The first-order valence-electron chi connectivity index (χ1n) is 9.28. The van der Waals surface area contributed by atoms with Crippen LogP contribution in [0, 0.1) is 13.8 Å². The average Bonchev–Trinajstić information content (AvgIpc) is 2.67. The predicted octanol–water partition coefficient (Wildman–Crippen LogP) is 3.42. The van der Waals surface area contributed by atoms with Crippen LogP contribution in [-0.4, -0.2) is 40.9 Å². The molecule has 0 aliphatic rings. The van der Waals surface area contributed by atoms with Gasteiger partial charge < -0.3 is 15.3 Å². The molecule has 0 bridgehead atoms. The van der Waals surface area contributed by atoms with Crippen LogP contribution in [0.5, 0.6) is 0 Å². The summed E-state index contributed by atoms with van der Waals surface area (Å²) in [6.45, 7) is 6.14. The molecule has 0 heterocycles. The Bertz CT molecular complexity index is 839. The average molecular weight is 382 g/mol. The van der Waals surface area contributed by atoms with Crippen molar-refractivity contribution >= 4 is 23.5 Å². The number of anilines is 1. The minimum atomic E-state index is -0.977. The van der Waals surface area contributed by atoms with Crippen molar-refractivity contribution in [3.63, 3.8) is 0 Å². The molecule has 2 N–H and O–H groups in total. The standard InChI is InChI=1S/C22H26N2O4/c1-4-24(14-19(25)23-21-15(2)6-5-7-16(21)3)20(26)13-10-17-8-11-18(12-9-17)22(27)28/h5-9,11-12H,4,10,13-14H2,1-3H3,(H,23,25)(H,27,28). The van der Waals surface area contributed by atoms with E-state index in [0.717, 1.165) is 22.4 Å². The zero-order chi connectivity index (χ0) is 20.7. The van der Waals surface area contributed by atoms with Gasteiger partial charge in [0.25, 0.3) is 0 Å². The van der Waals surface area contributed by atoms with Gasteiger partial charge in [-0.1, -0.05) is 30.3 Å². The maximum absolute atomic E-state index is 12.5. The number of carbonyl (C=O) groups is 3. The van der Waals surface area contributed by atoms with E-state index in [4.69, 9.17) is 5.11 Å². The van der Waals surface area contributed by atoms with Gasteiger partial charge in [0, 0.05) is 18.7 Å². The number of carbonyl (C=O) groups excluding carboxylic acids is 2.